The molecule has 0 radical (unpaired) electrons. The number of aromatic nitrogens is 2. The molecule has 0 aliphatic heterocycles. The molecule has 2 aromatic rings. The second-order valence-corrected chi connectivity index (χ2v) is 3.42. The molecule has 0 saturated carbocycles. The summed E-state index contributed by atoms with van der Waals surface area (Å²) in [5.41, 5.74) is 0.461. The van der Waals surface area contributed by atoms with Crippen molar-refractivity contribution in [1.82, 2.24) is 10.3 Å². The van der Waals surface area contributed by atoms with Crippen molar-refractivity contribution >= 4 is 28.4 Å². The molecule has 0 bridgehead atoms. The van der Waals surface area contributed by atoms with Crippen LogP contribution in [0.15, 0.2) is 16.8 Å². The molecule has 0 saturated heterocycles. The first-order valence-corrected chi connectivity index (χ1v) is 4.95. The number of carbonyl (C=O) groups is 1. The summed E-state index contributed by atoms with van der Waals surface area (Å²) in [6.07, 6.45) is -0.0796. The van der Waals surface area contributed by atoms with Crippen LogP contribution in [-0.4, -0.2) is 32.9 Å². The highest BCUT2D eigenvalue weighted by molar-refractivity contribution is 5.93. The number of nitrogens with zero attached hydrogens (tertiary/aromatic N) is 3. The highest BCUT2D eigenvalue weighted by atomic mass is 16.6. The van der Waals surface area contributed by atoms with Crippen LogP contribution in [0.1, 0.15) is 6.42 Å². The molecule has 1 aromatic heterocycles. The summed E-state index contributed by atoms with van der Waals surface area (Å²) >= 11 is 0. The van der Waals surface area contributed by atoms with Crippen molar-refractivity contribution < 1.29 is 19.5 Å². The van der Waals surface area contributed by atoms with Crippen molar-refractivity contribution in [1.29, 1.82) is 0 Å². The van der Waals surface area contributed by atoms with Crippen molar-refractivity contribution in [2.24, 2.45) is 0 Å². The third-order valence-corrected chi connectivity index (χ3v) is 2.25. The van der Waals surface area contributed by atoms with E-state index < -0.39 is 10.9 Å². The Kier molecular flexibility index (Phi) is 3.04. The van der Waals surface area contributed by atoms with E-state index in [0.29, 0.717) is 5.69 Å². The minimum absolute atomic E-state index is 0.0281. The fourth-order valence-electron chi connectivity index (χ4n) is 1.45. The Balaban J connectivity index is 2.30. The van der Waals surface area contributed by atoms with Crippen LogP contribution in [0.2, 0.25) is 0 Å². The third kappa shape index (κ3) is 2.19. The van der Waals surface area contributed by atoms with Crippen molar-refractivity contribution in [2.75, 3.05) is 11.9 Å². The van der Waals surface area contributed by atoms with Gasteiger partial charge in [0.15, 0.2) is 5.52 Å². The second kappa shape index (κ2) is 4.65. The molecule has 0 spiro atoms. The van der Waals surface area contributed by atoms with Gasteiger partial charge in [-0.1, -0.05) is 0 Å². The molecule has 2 N–H and O–H groups in total. The number of carboxylic acids is 1. The summed E-state index contributed by atoms with van der Waals surface area (Å²) in [7, 11) is 0. The number of fused-ring (bicyclic) bond motifs is 1. The van der Waals surface area contributed by atoms with Gasteiger partial charge in [-0.2, -0.15) is 0 Å². The quantitative estimate of drug-likeness (QED) is 0.595. The highest BCUT2D eigenvalue weighted by Crippen LogP contribution is 2.28. The van der Waals surface area contributed by atoms with Crippen LogP contribution in [0.3, 0.4) is 0 Å². The van der Waals surface area contributed by atoms with E-state index in [4.69, 9.17) is 5.11 Å². The largest absolute Gasteiger partial charge is 0.481 e. The van der Waals surface area contributed by atoms with E-state index in [0.717, 1.165) is 0 Å². The number of anilines is 1. The van der Waals surface area contributed by atoms with E-state index in [1.165, 1.54) is 12.1 Å². The maximum atomic E-state index is 10.7. The SMILES string of the molecule is O=C(O)CCNc1ccc([N+](=O)[O-])c2nonc12. The Labute approximate surface area is 99.5 Å². The molecule has 18 heavy (non-hydrogen) atoms. The molecular formula is C9H8N4O5. The van der Waals surface area contributed by atoms with Gasteiger partial charge in [-0.05, 0) is 16.4 Å². The molecular weight excluding hydrogens is 244 g/mol. The van der Waals surface area contributed by atoms with E-state index in [-0.39, 0.29) is 29.7 Å². The lowest BCUT2D eigenvalue weighted by atomic mass is 10.2. The summed E-state index contributed by atoms with van der Waals surface area (Å²) < 4.78 is 4.46. The van der Waals surface area contributed by atoms with Gasteiger partial charge < -0.3 is 10.4 Å². The van der Waals surface area contributed by atoms with Crippen molar-refractivity contribution in [3.63, 3.8) is 0 Å². The number of carboxylic acid groups (broad SMARTS) is 1. The molecule has 0 aliphatic rings. The predicted octanol–water partition coefficient (Wildman–Crippen LogP) is 1.02. The Morgan fingerprint density at radius 2 is 2.17 bits per heavy atom. The number of nitrogens with one attached hydrogen (secondary N) is 1. The molecule has 0 aliphatic carbocycles. The van der Waals surface area contributed by atoms with Crippen molar-refractivity contribution in [3.05, 3.63) is 22.2 Å². The van der Waals surface area contributed by atoms with E-state index in [9.17, 15) is 14.9 Å². The van der Waals surface area contributed by atoms with Gasteiger partial charge in [0, 0.05) is 12.6 Å². The average molecular weight is 252 g/mol. The molecule has 1 aromatic carbocycles. The standard InChI is InChI=1S/C9H8N4O5/c14-7(15)3-4-10-5-1-2-6(13(16)17)9-8(5)11-18-12-9/h1-2,10H,3-4H2,(H,14,15). The molecule has 0 fully saturated rings. The van der Waals surface area contributed by atoms with Gasteiger partial charge >= 0.3 is 11.7 Å². The van der Waals surface area contributed by atoms with Gasteiger partial charge in [-0.3, -0.25) is 14.9 Å². The normalized spacial score (nSPS) is 10.4. The van der Waals surface area contributed by atoms with Gasteiger partial charge in [-0.25, -0.2) is 4.63 Å². The number of nitro benzene ring substituents is 1. The van der Waals surface area contributed by atoms with E-state index in [1.807, 2.05) is 0 Å². The first-order valence-electron chi connectivity index (χ1n) is 4.95. The number of hydrogen-bond acceptors (Lipinski definition) is 7. The smallest absolute Gasteiger partial charge is 0.305 e. The van der Waals surface area contributed by atoms with Crippen LogP contribution in [0, 0.1) is 10.1 Å². The molecule has 9 heteroatoms. The number of nitro groups is 1. The van der Waals surface area contributed by atoms with Crippen molar-refractivity contribution in [2.45, 2.75) is 6.42 Å². The Morgan fingerprint density at radius 1 is 1.44 bits per heavy atom. The van der Waals surface area contributed by atoms with Crippen molar-refractivity contribution in [3.8, 4) is 0 Å². The minimum Gasteiger partial charge on any atom is -0.481 e. The Morgan fingerprint density at radius 3 is 2.83 bits per heavy atom. The number of hydrogen-bond donors (Lipinski definition) is 2. The second-order valence-electron chi connectivity index (χ2n) is 3.42. The third-order valence-electron chi connectivity index (χ3n) is 2.25. The van der Waals surface area contributed by atoms with Gasteiger partial charge in [0.2, 0.25) is 5.52 Å². The lowest BCUT2D eigenvalue weighted by molar-refractivity contribution is -0.383. The van der Waals surface area contributed by atoms with Crippen LogP contribution < -0.4 is 5.32 Å². The molecule has 94 valence electrons. The molecule has 0 atom stereocenters. The number of benzene rings is 1. The lowest BCUT2D eigenvalue weighted by Gasteiger charge is -2.03. The van der Waals surface area contributed by atoms with E-state index >= 15 is 0 Å². The number of non-ortho nitro benzene ring substituents is 1. The minimum atomic E-state index is -0.945. The molecule has 9 nitrogen and oxygen atoms in total. The summed E-state index contributed by atoms with van der Waals surface area (Å²) in [6.45, 7) is 0.176. The van der Waals surface area contributed by atoms with Gasteiger partial charge in [0.25, 0.3) is 0 Å². The molecule has 2 rings (SSSR count). The Bertz CT molecular complexity index is 608. The Hall–Kier alpha value is -2.71. The summed E-state index contributed by atoms with van der Waals surface area (Å²) in [5, 5.41) is 29.1. The zero-order chi connectivity index (χ0) is 13.1. The van der Waals surface area contributed by atoms with E-state index in [1.54, 1.807) is 0 Å². The molecule has 1 heterocycles. The topological polar surface area (TPSA) is 131 Å². The maximum absolute atomic E-state index is 10.7. The van der Waals surface area contributed by atoms with E-state index in [2.05, 4.69) is 20.3 Å². The zero-order valence-corrected chi connectivity index (χ0v) is 8.99. The predicted molar refractivity (Wildman–Crippen MR) is 59.2 cm³/mol. The number of rotatable bonds is 5. The first kappa shape index (κ1) is 11.8. The monoisotopic (exact) mass is 252 g/mol. The van der Waals surface area contributed by atoms with Crippen LogP contribution in [0.25, 0.3) is 11.0 Å². The van der Waals surface area contributed by atoms with Gasteiger partial charge in [0.05, 0.1) is 17.0 Å². The number of aliphatic carboxylic acids is 1. The first-order chi connectivity index (χ1) is 8.59. The maximum Gasteiger partial charge on any atom is 0.305 e. The van der Waals surface area contributed by atoms with Crippen LogP contribution in [0.5, 0.6) is 0 Å². The zero-order valence-electron chi connectivity index (χ0n) is 8.99. The summed E-state index contributed by atoms with van der Waals surface area (Å²) in [5.74, 6) is -0.945. The molecule has 0 unspecified atom stereocenters. The fourth-order valence-corrected chi connectivity index (χ4v) is 1.45. The lowest BCUT2D eigenvalue weighted by Crippen LogP contribution is -2.08. The molecule has 0 amide bonds. The van der Waals surface area contributed by atoms with Gasteiger partial charge in [0.1, 0.15) is 0 Å². The van der Waals surface area contributed by atoms with Crippen LogP contribution in [-0.2, 0) is 4.79 Å². The summed E-state index contributed by atoms with van der Waals surface area (Å²) in [4.78, 5) is 20.5. The van der Waals surface area contributed by atoms with Crippen LogP contribution in [0.4, 0.5) is 11.4 Å². The van der Waals surface area contributed by atoms with Crippen LogP contribution >= 0.6 is 0 Å². The average Bonchev–Trinajstić information content (AvgIpc) is 2.77. The fraction of sp³-hybridized carbons (Fsp3) is 0.222. The van der Waals surface area contributed by atoms with Gasteiger partial charge in [-0.15, -0.1) is 0 Å². The summed E-state index contributed by atoms with van der Waals surface area (Å²) in [6, 6.07) is 2.70. The highest BCUT2D eigenvalue weighted by Gasteiger charge is 2.19.